The third kappa shape index (κ3) is 5.27. The highest BCUT2D eigenvalue weighted by Crippen LogP contribution is 2.20. The van der Waals surface area contributed by atoms with Crippen molar-refractivity contribution in [2.45, 2.75) is 13.0 Å². The maximum atomic E-state index is 11.6. The van der Waals surface area contributed by atoms with Gasteiger partial charge in [-0.1, -0.05) is 17.7 Å². The van der Waals surface area contributed by atoms with Crippen LogP contribution in [0, 0.1) is 6.92 Å². The Labute approximate surface area is 115 Å². The molecule has 100 valence electrons. The summed E-state index contributed by atoms with van der Waals surface area (Å²) in [7, 11) is 0. The van der Waals surface area contributed by atoms with Crippen LogP contribution < -0.4 is 5.32 Å². The molecule has 0 heterocycles. The Morgan fingerprint density at radius 1 is 1.56 bits per heavy atom. The summed E-state index contributed by atoms with van der Waals surface area (Å²) >= 11 is 7.12. The Hall–Kier alpha value is -0.750. The van der Waals surface area contributed by atoms with Crippen LogP contribution in [0.5, 0.6) is 0 Å². The predicted octanol–water partition coefficient (Wildman–Crippen LogP) is 1.67. The van der Waals surface area contributed by atoms with E-state index in [1.165, 1.54) is 11.8 Å². The zero-order valence-electron chi connectivity index (χ0n) is 10.0. The van der Waals surface area contributed by atoms with Crippen molar-refractivity contribution < 1.29 is 15.0 Å². The van der Waals surface area contributed by atoms with Crippen molar-refractivity contribution in [2.75, 3.05) is 23.4 Å². The molecule has 6 heteroatoms. The van der Waals surface area contributed by atoms with Crippen LogP contribution in [0.25, 0.3) is 0 Å². The van der Waals surface area contributed by atoms with Gasteiger partial charge in [-0.15, -0.1) is 11.8 Å². The number of hydrogen-bond donors (Lipinski definition) is 3. The lowest BCUT2D eigenvalue weighted by Gasteiger charge is -2.09. The Morgan fingerprint density at radius 2 is 2.28 bits per heavy atom. The summed E-state index contributed by atoms with van der Waals surface area (Å²) in [5, 5.41) is 21.1. The molecule has 0 aliphatic heterocycles. The molecule has 1 atom stereocenters. The minimum Gasteiger partial charge on any atom is -0.394 e. The van der Waals surface area contributed by atoms with Gasteiger partial charge in [-0.05, 0) is 24.6 Å². The monoisotopic (exact) mass is 289 g/mol. The highest BCUT2D eigenvalue weighted by molar-refractivity contribution is 8.00. The van der Waals surface area contributed by atoms with E-state index in [1.54, 1.807) is 12.1 Å². The average Bonchev–Trinajstić information content (AvgIpc) is 2.33. The number of thioether (sulfide) groups is 1. The smallest absolute Gasteiger partial charge is 0.234 e. The van der Waals surface area contributed by atoms with E-state index in [0.717, 1.165) is 5.56 Å². The molecule has 0 fully saturated rings. The van der Waals surface area contributed by atoms with Crippen LogP contribution >= 0.6 is 23.4 Å². The number of benzene rings is 1. The standard InChI is InChI=1S/C12H16ClNO3S/c1-8-2-3-9(13)4-11(8)14-12(17)7-18-6-10(16)5-15/h2-4,10,15-16H,5-7H2,1H3,(H,14,17). The summed E-state index contributed by atoms with van der Waals surface area (Å²) in [6.07, 6.45) is -0.782. The highest BCUT2D eigenvalue weighted by Gasteiger charge is 2.07. The second-order valence-electron chi connectivity index (χ2n) is 3.86. The van der Waals surface area contributed by atoms with Gasteiger partial charge in [0.25, 0.3) is 0 Å². The van der Waals surface area contributed by atoms with E-state index < -0.39 is 6.10 Å². The number of halogens is 1. The molecule has 1 unspecified atom stereocenters. The summed E-state index contributed by atoms with van der Waals surface area (Å²) in [6.45, 7) is 1.59. The molecule has 1 amide bonds. The van der Waals surface area contributed by atoms with Crippen LogP contribution in [0.3, 0.4) is 0 Å². The predicted molar refractivity (Wildman–Crippen MR) is 75.2 cm³/mol. The topological polar surface area (TPSA) is 69.6 Å². The summed E-state index contributed by atoms with van der Waals surface area (Å²) in [5.74, 6) is 0.400. The fourth-order valence-electron chi connectivity index (χ4n) is 1.26. The summed E-state index contributed by atoms with van der Waals surface area (Å²) in [4.78, 5) is 11.6. The Balaban J connectivity index is 2.42. The number of carbonyl (C=O) groups excluding carboxylic acids is 1. The molecule has 0 bridgehead atoms. The molecule has 4 nitrogen and oxygen atoms in total. The molecular weight excluding hydrogens is 274 g/mol. The van der Waals surface area contributed by atoms with Crippen molar-refractivity contribution in [2.24, 2.45) is 0 Å². The Morgan fingerprint density at radius 3 is 2.94 bits per heavy atom. The van der Waals surface area contributed by atoms with E-state index in [2.05, 4.69) is 5.32 Å². The third-order valence-corrected chi connectivity index (χ3v) is 3.55. The maximum Gasteiger partial charge on any atom is 0.234 e. The molecule has 3 N–H and O–H groups in total. The molecule has 1 aromatic rings. The van der Waals surface area contributed by atoms with Crippen LogP contribution in [0.1, 0.15) is 5.56 Å². The molecule has 0 aliphatic carbocycles. The van der Waals surface area contributed by atoms with E-state index in [1.807, 2.05) is 13.0 Å². The second-order valence-corrected chi connectivity index (χ2v) is 5.33. The second kappa shape index (κ2) is 7.63. The molecule has 0 radical (unpaired) electrons. The molecule has 0 aromatic heterocycles. The maximum absolute atomic E-state index is 11.6. The van der Waals surface area contributed by atoms with Crippen molar-refractivity contribution in [1.82, 2.24) is 0 Å². The van der Waals surface area contributed by atoms with Gasteiger partial charge in [-0.25, -0.2) is 0 Å². The molecule has 0 spiro atoms. The first-order chi connectivity index (χ1) is 8.52. The number of aliphatic hydroxyl groups excluding tert-OH is 2. The van der Waals surface area contributed by atoms with Crippen LogP contribution in [0.15, 0.2) is 18.2 Å². The zero-order chi connectivity index (χ0) is 13.5. The lowest BCUT2D eigenvalue weighted by Crippen LogP contribution is -2.19. The van der Waals surface area contributed by atoms with Crippen molar-refractivity contribution in [1.29, 1.82) is 0 Å². The number of anilines is 1. The quantitative estimate of drug-likeness (QED) is 0.745. The number of hydrogen-bond acceptors (Lipinski definition) is 4. The number of amides is 1. The Kier molecular flexibility index (Phi) is 6.49. The largest absolute Gasteiger partial charge is 0.394 e. The van der Waals surface area contributed by atoms with E-state index in [4.69, 9.17) is 21.8 Å². The van der Waals surface area contributed by atoms with Crippen molar-refractivity contribution >= 4 is 35.0 Å². The SMILES string of the molecule is Cc1ccc(Cl)cc1NC(=O)CSCC(O)CO. The van der Waals surface area contributed by atoms with Crippen molar-refractivity contribution in [3.63, 3.8) is 0 Å². The number of nitrogens with one attached hydrogen (secondary N) is 1. The number of carbonyl (C=O) groups is 1. The van der Waals surface area contributed by atoms with Gasteiger partial charge in [0.2, 0.25) is 5.91 Å². The molecule has 1 aromatic carbocycles. The fourth-order valence-corrected chi connectivity index (χ4v) is 2.18. The van der Waals surface area contributed by atoms with Crippen LogP contribution in [-0.2, 0) is 4.79 Å². The molecule has 1 rings (SSSR count). The number of aliphatic hydroxyl groups is 2. The van der Waals surface area contributed by atoms with E-state index >= 15 is 0 Å². The number of aryl methyl sites for hydroxylation is 1. The van der Waals surface area contributed by atoms with Gasteiger partial charge in [0.15, 0.2) is 0 Å². The van der Waals surface area contributed by atoms with Crippen LogP contribution in [0.2, 0.25) is 5.02 Å². The van der Waals surface area contributed by atoms with Gasteiger partial charge in [0, 0.05) is 16.5 Å². The van der Waals surface area contributed by atoms with Crippen molar-refractivity contribution in [3.05, 3.63) is 28.8 Å². The van der Waals surface area contributed by atoms with Crippen LogP contribution in [-0.4, -0.2) is 40.3 Å². The Bertz CT molecular complexity index is 414. The first-order valence-corrected chi connectivity index (χ1v) is 6.99. The lowest BCUT2D eigenvalue weighted by molar-refractivity contribution is -0.113. The van der Waals surface area contributed by atoms with Gasteiger partial charge < -0.3 is 15.5 Å². The van der Waals surface area contributed by atoms with Gasteiger partial charge >= 0.3 is 0 Å². The molecule has 0 aliphatic rings. The molecular formula is C12H16ClNO3S. The first kappa shape index (κ1) is 15.3. The molecule has 18 heavy (non-hydrogen) atoms. The minimum atomic E-state index is -0.782. The zero-order valence-corrected chi connectivity index (χ0v) is 11.6. The van der Waals surface area contributed by atoms with E-state index in [-0.39, 0.29) is 18.3 Å². The lowest BCUT2D eigenvalue weighted by atomic mass is 10.2. The number of rotatable bonds is 6. The third-order valence-electron chi connectivity index (χ3n) is 2.23. The van der Waals surface area contributed by atoms with Crippen molar-refractivity contribution in [3.8, 4) is 0 Å². The van der Waals surface area contributed by atoms with Gasteiger partial charge in [0.1, 0.15) is 0 Å². The summed E-state index contributed by atoms with van der Waals surface area (Å²) in [6, 6.07) is 5.29. The fraction of sp³-hybridized carbons (Fsp3) is 0.417. The van der Waals surface area contributed by atoms with Crippen LogP contribution in [0.4, 0.5) is 5.69 Å². The summed E-state index contributed by atoms with van der Waals surface area (Å²) < 4.78 is 0. The van der Waals surface area contributed by atoms with Gasteiger partial charge in [-0.2, -0.15) is 0 Å². The van der Waals surface area contributed by atoms with Gasteiger partial charge in [-0.3, -0.25) is 4.79 Å². The first-order valence-electron chi connectivity index (χ1n) is 5.45. The summed E-state index contributed by atoms with van der Waals surface area (Å²) in [5.41, 5.74) is 1.63. The molecule has 0 saturated carbocycles. The minimum absolute atomic E-state index is 0.157. The highest BCUT2D eigenvalue weighted by atomic mass is 35.5. The normalized spacial score (nSPS) is 12.2. The molecule has 0 saturated heterocycles. The average molecular weight is 290 g/mol. The van der Waals surface area contributed by atoms with E-state index in [0.29, 0.717) is 16.5 Å². The van der Waals surface area contributed by atoms with E-state index in [9.17, 15) is 4.79 Å². The van der Waals surface area contributed by atoms with Gasteiger partial charge in [0.05, 0.1) is 18.5 Å².